The summed E-state index contributed by atoms with van der Waals surface area (Å²) < 4.78 is 15.2. The van der Waals surface area contributed by atoms with Gasteiger partial charge in [-0.2, -0.15) is 5.10 Å². The molecule has 1 aromatic carbocycles. The summed E-state index contributed by atoms with van der Waals surface area (Å²) in [5.41, 5.74) is 1.20. The topological polar surface area (TPSA) is 34.9 Å². The summed E-state index contributed by atoms with van der Waals surface area (Å²) in [7, 11) is 1.75. The monoisotopic (exact) mass is 192 g/mol. The Balaban J connectivity index is 2.90. The van der Waals surface area contributed by atoms with Gasteiger partial charge in [0.1, 0.15) is 5.52 Å². The van der Waals surface area contributed by atoms with Gasteiger partial charge in [-0.25, -0.2) is 4.39 Å². The van der Waals surface area contributed by atoms with Crippen molar-refractivity contribution in [1.82, 2.24) is 9.78 Å². The first kappa shape index (κ1) is 8.87. The summed E-state index contributed by atoms with van der Waals surface area (Å²) in [6.45, 7) is 1.86. The van der Waals surface area contributed by atoms with Gasteiger partial charge < -0.3 is 0 Å². The van der Waals surface area contributed by atoms with Gasteiger partial charge in [-0.1, -0.05) is 6.07 Å². The van der Waals surface area contributed by atoms with Crippen molar-refractivity contribution in [3.63, 3.8) is 0 Å². The molecule has 0 atom stereocenters. The van der Waals surface area contributed by atoms with Crippen LogP contribution in [-0.4, -0.2) is 16.1 Å². The van der Waals surface area contributed by atoms with Crippen molar-refractivity contribution >= 4 is 17.2 Å². The average Bonchev–Trinajstić information content (AvgIpc) is 2.46. The molecular weight excluding hydrogens is 183 g/mol. The fraction of sp³-hybridized carbons (Fsp3) is 0.200. The Morgan fingerprint density at radius 2 is 2.21 bits per heavy atom. The molecule has 0 bridgehead atoms. The first-order chi connectivity index (χ1) is 6.65. The Hall–Kier alpha value is -1.71. The van der Waals surface area contributed by atoms with E-state index < -0.39 is 5.82 Å². The third kappa shape index (κ3) is 1.04. The number of halogens is 1. The Morgan fingerprint density at radius 3 is 2.86 bits per heavy atom. The highest BCUT2D eigenvalue weighted by Crippen LogP contribution is 2.21. The van der Waals surface area contributed by atoms with Crippen molar-refractivity contribution < 1.29 is 9.18 Å². The van der Waals surface area contributed by atoms with Gasteiger partial charge in [0.05, 0.1) is 5.56 Å². The second-order valence-corrected chi connectivity index (χ2v) is 3.19. The second kappa shape index (κ2) is 2.90. The zero-order valence-corrected chi connectivity index (χ0v) is 7.91. The normalized spacial score (nSPS) is 10.8. The maximum Gasteiger partial charge on any atom is 0.161 e. The number of aromatic nitrogens is 2. The zero-order valence-electron chi connectivity index (χ0n) is 7.91. The maximum atomic E-state index is 13.6. The predicted octanol–water partition coefficient (Wildman–Crippen LogP) is 1.83. The molecule has 2 aromatic rings. The van der Waals surface area contributed by atoms with Gasteiger partial charge >= 0.3 is 0 Å². The maximum absolute atomic E-state index is 13.6. The molecule has 0 saturated heterocycles. The minimum Gasteiger partial charge on any atom is -0.298 e. The van der Waals surface area contributed by atoms with Crippen molar-refractivity contribution in [3.8, 4) is 0 Å². The Morgan fingerprint density at radius 1 is 1.50 bits per heavy atom. The number of hydrogen-bond donors (Lipinski definition) is 0. The molecule has 14 heavy (non-hydrogen) atoms. The Kier molecular flexibility index (Phi) is 1.84. The highest BCUT2D eigenvalue weighted by molar-refractivity contribution is 5.88. The summed E-state index contributed by atoms with van der Waals surface area (Å²) >= 11 is 0. The number of benzene rings is 1. The number of rotatable bonds is 1. The average molecular weight is 192 g/mol. The van der Waals surface area contributed by atoms with E-state index in [1.165, 1.54) is 6.07 Å². The van der Waals surface area contributed by atoms with E-state index >= 15 is 0 Å². The van der Waals surface area contributed by atoms with E-state index in [0.717, 1.165) is 11.1 Å². The summed E-state index contributed by atoms with van der Waals surface area (Å²) in [4.78, 5) is 10.5. The van der Waals surface area contributed by atoms with E-state index in [1.807, 2.05) is 6.92 Å². The molecule has 0 fully saturated rings. The summed E-state index contributed by atoms with van der Waals surface area (Å²) in [6.07, 6.45) is 0.499. The molecular formula is C10H9FN2O. The van der Waals surface area contributed by atoms with Crippen molar-refractivity contribution in [2.75, 3.05) is 0 Å². The van der Waals surface area contributed by atoms with Crippen LogP contribution >= 0.6 is 0 Å². The van der Waals surface area contributed by atoms with Gasteiger partial charge in [0.25, 0.3) is 0 Å². The smallest absolute Gasteiger partial charge is 0.161 e. The van der Waals surface area contributed by atoms with Crippen LogP contribution in [0.25, 0.3) is 10.9 Å². The van der Waals surface area contributed by atoms with E-state index in [9.17, 15) is 9.18 Å². The molecule has 0 N–H and O–H groups in total. The van der Waals surface area contributed by atoms with E-state index in [0.29, 0.717) is 6.29 Å². The number of nitrogens with zero attached hydrogens (tertiary/aromatic N) is 2. The molecule has 0 spiro atoms. The molecule has 4 heteroatoms. The lowest BCUT2D eigenvalue weighted by molar-refractivity contribution is 0.112. The summed E-state index contributed by atoms with van der Waals surface area (Å²) in [6, 6.07) is 3.18. The van der Waals surface area contributed by atoms with Crippen LogP contribution in [0.1, 0.15) is 16.1 Å². The summed E-state index contributed by atoms with van der Waals surface area (Å²) in [5, 5.41) is 4.75. The fourth-order valence-electron chi connectivity index (χ4n) is 1.46. The van der Waals surface area contributed by atoms with Crippen LogP contribution in [-0.2, 0) is 7.05 Å². The highest BCUT2D eigenvalue weighted by atomic mass is 19.1. The van der Waals surface area contributed by atoms with Gasteiger partial charge in [0, 0.05) is 18.1 Å². The van der Waals surface area contributed by atoms with Crippen LogP contribution < -0.4 is 0 Å². The number of carbonyl (C=O) groups excluding carboxylic acids is 1. The highest BCUT2D eigenvalue weighted by Gasteiger charge is 2.12. The minimum absolute atomic E-state index is 0.0515. The van der Waals surface area contributed by atoms with Gasteiger partial charge in [0.15, 0.2) is 12.1 Å². The second-order valence-electron chi connectivity index (χ2n) is 3.19. The molecule has 1 aromatic heterocycles. The van der Waals surface area contributed by atoms with Crippen LogP contribution in [0, 0.1) is 12.7 Å². The molecule has 2 rings (SSSR count). The predicted molar refractivity (Wildman–Crippen MR) is 50.8 cm³/mol. The van der Waals surface area contributed by atoms with Crippen molar-refractivity contribution in [2.24, 2.45) is 7.05 Å². The molecule has 0 aliphatic rings. The number of hydrogen-bond acceptors (Lipinski definition) is 2. The van der Waals surface area contributed by atoms with Crippen LogP contribution in [0.5, 0.6) is 0 Å². The number of fused-ring (bicyclic) bond motifs is 1. The quantitative estimate of drug-likeness (QED) is 0.646. The first-order valence-electron chi connectivity index (χ1n) is 4.22. The first-order valence-corrected chi connectivity index (χ1v) is 4.22. The van der Waals surface area contributed by atoms with Crippen LogP contribution in [0.4, 0.5) is 4.39 Å². The Labute approximate surface area is 80.1 Å². The zero-order chi connectivity index (χ0) is 10.3. The van der Waals surface area contributed by atoms with Gasteiger partial charge in [-0.15, -0.1) is 0 Å². The lowest BCUT2D eigenvalue weighted by Crippen LogP contribution is -1.92. The molecule has 0 aliphatic heterocycles. The minimum atomic E-state index is -0.541. The molecule has 0 radical (unpaired) electrons. The van der Waals surface area contributed by atoms with Gasteiger partial charge in [0.2, 0.25) is 0 Å². The van der Waals surface area contributed by atoms with Crippen LogP contribution in [0.15, 0.2) is 12.1 Å². The molecule has 72 valence electrons. The SMILES string of the molecule is Cc1c2ccc(C=O)c(F)c2nn1C. The Bertz CT molecular complexity index is 516. The van der Waals surface area contributed by atoms with Gasteiger partial charge in [-0.3, -0.25) is 9.48 Å². The van der Waals surface area contributed by atoms with Crippen molar-refractivity contribution in [1.29, 1.82) is 0 Å². The van der Waals surface area contributed by atoms with Gasteiger partial charge in [-0.05, 0) is 13.0 Å². The van der Waals surface area contributed by atoms with Crippen molar-refractivity contribution in [3.05, 3.63) is 29.2 Å². The number of carbonyl (C=O) groups is 1. The fourth-order valence-corrected chi connectivity index (χ4v) is 1.46. The van der Waals surface area contributed by atoms with E-state index in [-0.39, 0.29) is 11.1 Å². The van der Waals surface area contributed by atoms with E-state index in [4.69, 9.17) is 0 Å². The summed E-state index contributed by atoms with van der Waals surface area (Å²) in [5.74, 6) is -0.541. The largest absolute Gasteiger partial charge is 0.298 e. The van der Waals surface area contributed by atoms with Crippen molar-refractivity contribution in [2.45, 2.75) is 6.92 Å². The standard InChI is InChI=1S/C10H9FN2O/c1-6-8-4-3-7(5-14)9(11)10(8)12-13(6)2/h3-5H,1-2H3. The lowest BCUT2D eigenvalue weighted by atomic mass is 10.1. The molecule has 0 unspecified atom stereocenters. The van der Waals surface area contributed by atoms with E-state index in [1.54, 1.807) is 17.8 Å². The van der Waals surface area contributed by atoms with Crippen LogP contribution in [0.3, 0.4) is 0 Å². The lowest BCUT2D eigenvalue weighted by Gasteiger charge is -1.94. The molecule has 1 heterocycles. The molecule has 0 saturated carbocycles. The number of aryl methyl sites for hydroxylation is 2. The van der Waals surface area contributed by atoms with E-state index in [2.05, 4.69) is 5.10 Å². The molecule has 0 aliphatic carbocycles. The molecule has 3 nitrogen and oxygen atoms in total. The number of aldehydes is 1. The molecule has 0 amide bonds. The third-order valence-electron chi connectivity index (χ3n) is 2.40. The van der Waals surface area contributed by atoms with Crippen LogP contribution in [0.2, 0.25) is 0 Å². The third-order valence-corrected chi connectivity index (χ3v) is 2.40.